The van der Waals surface area contributed by atoms with Crippen molar-refractivity contribution in [2.75, 3.05) is 38.6 Å². The van der Waals surface area contributed by atoms with Gasteiger partial charge in [0, 0.05) is 62.4 Å². The molecule has 0 amide bonds. The predicted octanol–water partition coefficient (Wildman–Crippen LogP) is 4.51. The Morgan fingerprint density at radius 3 is 2.72 bits per heavy atom. The molecule has 4 heterocycles. The van der Waals surface area contributed by atoms with E-state index >= 15 is 0 Å². The Kier molecular flexibility index (Phi) is 8.48. The molecule has 0 aliphatic carbocycles. The van der Waals surface area contributed by atoms with Crippen molar-refractivity contribution in [2.24, 2.45) is 16.6 Å². The maximum absolute atomic E-state index is 6.10. The van der Waals surface area contributed by atoms with Crippen molar-refractivity contribution in [3.63, 3.8) is 0 Å². The van der Waals surface area contributed by atoms with Crippen molar-refractivity contribution in [3.8, 4) is 17.1 Å². The monoisotopic (exact) mass is 524 g/mol. The normalized spacial score (nSPS) is 15.3. The van der Waals surface area contributed by atoms with E-state index in [9.17, 15) is 0 Å². The highest BCUT2D eigenvalue weighted by atomic mass is 16.5. The second-order valence-corrected chi connectivity index (χ2v) is 10.0. The van der Waals surface area contributed by atoms with Crippen LogP contribution in [0.15, 0.2) is 72.4 Å². The number of aliphatic imine (C=N–C) groups is 1. The van der Waals surface area contributed by atoms with E-state index in [-0.39, 0.29) is 0 Å². The molecule has 3 aromatic heterocycles. The lowest BCUT2D eigenvalue weighted by molar-refractivity contribution is 0.206. The molecule has 9 heteroatoms. The molecule has 0 saturated carbocycles. The molecule has 1 aromatic carbocycles. The second kappa shape index (κ2) is 12.5. The fourth-order valence-electron chi connectivity index (χ4n) is 4.89. The average Bonchev–Trinajstić information content (AvgIpc) is 3.64. The van der Waals surface area contributed by atoms with E-state index in [2.05, 4.69) is 49.2 Å². The van der Waals surface area contributed by atoms with Crippen molar-refractivity contribution in [3.05, 3.63) is 78.5 Å². The number of benzene rings is 1. The molecule has 0 spiro atoms. The standard InChI is InChI=1S/C30H36N8O/c1-22(19-37-10-3-4-11-37)20-39-26-9-12-38-28(18-34-30(38)13-26)27-14-29(36-21-35-27)33-16-23-5-7-24(8-6-23)25(15-31)17-32-2/h5-9,12-15,17-18,21-22H,3-4,10-11,16,19-20,31H2,1-2H3,(H,33,35,36). The minimum Gasteiger partial charge on any atom is -0.493 e. The van der Waals surface area contributed by atoms with Gasteiger partial charge < -0.3 is 20.7 Å². The second-order valence-electron chi connectivity index (χ2n) is 10.0. The highest BCUT2D eigenvalue weighted by molar-refractivity contribution is 6.09. The van der Waals surface area contributed by atoms with Gasteiger partial charge in [0.1, 0.15) is 23.5 Å². The molecule has 202 valence electrons. The van der Waals surface area contributed by atoms with E-state index in [0.717, 1.165) is 51.8 Å². The number of nitrogens with one attached hydrogen (secondary N) is 1. The molecule has 1 fully saturated rings. The fraction of sp³-hybridized carbons (Fsp3) is 0.333. The number of rotatable bonds is 11. The maximum atomic E-state index is 6.10. The molecule has 5 rings (SSSR count). The van der Waals surface area contributed by atoms with Gasteiger partial charge in [0.2, 0.25) is 0 Å². The van der Waals surface area contributed by atoms with Crippen molar-refractivity contribution in [1.29, 1.82) is 0 Å². The van der Waals surface area contributed by atoms with Crippen molar-refractivity contribution in [1.82, 2.24) is 24.3 Å². The first-order chi connectivity index (χ1) is 19.1. The summed E-state index contributed by atoms with van der Waals surface area (Å²) < 4.78 is 8.12. The summed E-state index contributed by atoms with van der Waals surface area (Å²) in [6, 6.07) is 14.1. The van der Waals surface area contributed by atoms with Crippen molar-refractivity contribution < 1.29 is 4.74 Å². The smallest absolute Gasteiger partial charge is 0.140 e. The van der Waals surface area contributed by atoms with Gasteiger partial charge >= 0.3 is 0 Å². The molecule has 4 aromatic rings. The van der Waals surface area contributed by atoms with Gasteiger partial charge in [0.05, 0.1) is 24.2 Å². The van der Waals surface area contributed by atoms with Gasteiger partial charge in [0.25, 0.3) is 0 Å². The van der Waals surface area contributed by atoms with Gasteiger partial charge in [-0.15, -0.1) is 0 Å². The molecular weight excluding hydrogens is 488 g/mol. The topological polar surface area (TPSA) is 106 Å². The summed E-state index contributed by atoms with van der Waals surface area (Å²) in [6.45, 7) is 7.09. The van der Waals surface area contributed by atoms with E-state index in [0.29, 0.717) is 19.1 Å². The van der Waals surface area contributed by atoms with E-state index in [1.165, 1.54) is 25.9 Å². The maximum Gasteiger partial charge on any atom is 0.140 e. The Bertz CT molecular complexity index is 1440. The van der Waals surface area contributed by atoms with Crippen LogP contribution in [-0.2, 0) is 6.54 Å². The number of imidazole rings is 1. The number of allylic oxidation sites excluding steroid dienone is 1. The van der Waals surface area contributed by atoms with Crippen molar-refractivity contribution in [2.45, 2.75) is 26.3 Å². The Balaban J connectivity index is 1.21. The highest BCUT2D eigenvalue weighted by Gasteiger charge is 2.15. The summed E-state index contributed by atoms with van der Waals surface area (Å²) in [5, 5.41) is 3.39. The first-order valence-electron chi connectivity index (χ1n) is 13.4. The molecule has 1 aliphatic heterocycles. The molecular formula is C30H36N8O. The summed E-state index contributed by atoms with van der Waals surface area (Å²) in [6.07, 6.45) is 11.3. The van der Waals surface area contributed by atoms with Crippen LogP contribution < -0.4 is 15.8 Å². The SMILES string of the molecule is CN=CC(=CN)c1ccc(CNc2cc(-c3cnc4cc(OCC(C)CN5CCCC5)ccn34)ncn2)cc1. The van der Waals surface area contributed by atoms with Crippen LogP contribution in [0.1, 0.15) is 30.9 Å². The Morgan fingerprint density at radius 1 is 1.13 bits per heavy atom. The highest BCUT2D eigenvalue weighted by Crippen LogP contribution is 2.24. The molecule has 1 aliphatic rings. The van der Waals surface area contributed by atoms with Gasteiger partial charge in [-0.05, 0) is 43.1 Å². The largest absolute Gasteiger partial charge is 0.493 e. The Labute approximate surface area is 229 Å². The predicted molar refractivity (Wildman–Crippen MR) is 157 cm³/mol. The number of ether oxygens (including phenoxy) is 1. The zero-order valence-corrected chi connectivity index (χ0v) is 22.6. The molecule has 0 radical (unpaired) electrons. The first-order valence-corrected chi connectivity index (χ1v) is 13.4. The molecule has 39 heavy (non-hydrogen) atoms. The van der Waals surface area contributed by atoms with Crippen LogP contribution in [0.25, 0.3) is 22.6 Å². The lowest BCUT2D eigenvalue weighted by Gasteiger charge is -2.20. The minimum absolute atomic E-state index is 0.482. The zero-order valence-electron chi connectivity index (χ0n) is 22.6. The molecule has 0 bridgehead atoms. The third-order valence-corrected chi connectivity index (χ3v) is 6.93. The number of nitrogens with zero attached hydrogens (tertiary/aromatic N) is 6. The summed E-state index contributed by atoms with van der Waals surface area (Å²) in [7, 11) is 1.73. The fourth-order valence-corrected chi connectivity index (χ4v) is 4.89. The summed E-state index contributed by atoms with van der Waals surface area (Å²) >= 11 is 0. The van der Waals surface area contributed by atoms with Crippen molar-refractivity contribution >= 4 is 23.3 Å². The molecule has 9 nitrogen and oxygen atoms in total. The van der Waals surface area contributed by atoms with E-state index in [1.54, 1.807) is 25.8 Å². The number of hydrogen-bond donors (Lipinski definition) is 2. The Hall–Kier alpha value is -4.24. The number of hydrogen-bond acceptors (Lipinski definition) is 8. The van der Waals surface area contributed by atoms with Gasteiger partial charge in [0.15, 0.2) is 0 Å². The third-order valence-electron chi connectivity index (χ3n) is 6.93. The number of anilines is 1. The van der Waals surface area contributed by atoms with Gasteiger partial charge in [-0.2, -0.15) is 0 Å². The number of likely N-dealkylation sites (tertiary alicyclic amines) is 1. The van der Waals surface area contributed by atoms with Gasteiger partial charge in [-0.3, -0.25) is 9.39 Å². The van der Waals surface area contributed by atoms with E-state index < -0.39 is 0 Å². The first kappa shape index (κ1) is 26.4. The van der Waals surface area contributed by atoms with Crippen LogP contribution in [0, 0.1) is 5.92 Å². The van der Waals surface area contributed by atoms with Crippen LogP contribution in [0.3, 0.4) is 0 Å². The molecule has 3 N–H and O–H groups in total. The van der Waals surface area contributed by atoms with Crippen LogP contribution in [0.4, 0.5) is 5.82 Å². The lowest BCUT2D eigenvalue weighted by Crippen LogP contribution is -2.28. The lowest BCUT2D eigenvalue weighted by atomic mass is 10.1. The van der Waals surface area contributed by atoms with E-state index in [4.69, 9.17) is 10.5 Å². The number of aromatic nitrogens is 4. The minimum atomic E-state index is 0.482. The Morgan fingerprint density at radius 2 is 1.95 bits per heavy atom. The zero-order chi connectivity index (χ0) is 27.0. The molecule has 1 saturated heterocycles. The number of pyridine rings is 1. The van der Waals surface area contributed by atoms with Crippen LogP contribution >= 0.6 is 0 Å². The third kappa shape index (κ3) is 6.61. The summed E-state index contributed by atoms with van der Waals surface area (Å²) in [5.74, 6) is 2.06. The summed E-state index contributed by atoms with van der Waals surface area (Å²) in [5.41, 5.74) is 11.3. The summed E-state index contributed by atoms with van der Waals surface area (Å²) in [4.78, 5) is 20.1. The van der Waals surface area contributed by atoms with Gasteiger partial charge in [-0.25, -0.2) is 15.0 Å². The van der Waals surface area contributed by atoms with Gasteiger partial charge in [-0.1, -0.05) is 31.2 Å². The van der Waals surface area contributed by atoms with E-state index in [1.807, 2.05) is 47.1 Å². The number of fused-ring (bicyclic) bond motifs is 1. The molecule has 1 unspecified atom stereocenters. The molecule has 1 atom stereocenters. The van der Waals surface area contributed by atoms with Crippen LogP contribution in [0.2, 0.25) is 0 Å². The quantitative estimate of drug-likeness (QED) is 0.278. The van der Waals surface area contributed by atoms with Crippen LogP contribution in [0.5, 0.6) is 5.75 Å². The average molecular weight is 525 g/mol. The van der Waals surface area contributed by atoms with Crippen LogP contribution in [-0.4, -0.2) is 63.8 Å². The number of nitrogens with two attached hydrogens (primary N) is 1.